The van der Waals surface area contributed by atoms with Crippen LogP contribution < -0.4 is 10.6 Å². The van der Waals surface area contributed by atoms with Gasteiger partial charge in [-0.1, -0.05) is 6.92 Å². The molecule has 2 aliphatic heterocycles. The van der Waals surface area contributed by atoms with Crippen LogP contribution in [0.3, 0.4) is 0 Å². The van der Waals surface area contributed by atoms with E-state index < -0.39 is 6.04 Å². The maximum atomic E-state index is 12.5. The molecule has 2 rings (SSSR count). The standard InChI is InChI=1S/C13H23N3O3/c1-3-15-12(17)11-8-19-5-4-16(11)13(18)9(2)10-6-14-7-10/h9-11,14H,3-8H2,1-2H3,(H,15,17). The van der Waals surface area contributed by atoms with Crippen molar-refractivity contribution in [3.8, 4) is 0 Å². The number of carbonyl (C=O) groups is 2. The summed E-state index contributed by atoms with van der Waals surface area (Å²) < 4.78 is 5.34. The van der Waals surface area contributed by atoms with E-state index in [9.17, 15) is 9.59 Å². The van der Waals surface area contributed by atoms with Crippen LogP contribution in [0.2, 0.25) is 0 Å². The van der Waals surface area contributed by atoms with Gasteiger partial charge in [-0.3, -0.25) is 9.59 Å². The van der Waals surface area contributed by atoms with Crippen LogP contribution in [0.15, 0.2) is 0 Å². The van der Waals surface area contributed by atoms with E-state index in [2.05, 4.69) is 10.6 Å². The molecule has 2 aliphatic rings. The van der Waals surface area contributed by atoms with Crippen molar-refractivity contribution in [2.24, 2.45) is 11.8 Å². The molecule has 0 bridgehead atoms. The van der Waals surface area contributed by atoms with Crippen molar-refractivity contribution >= 4 is 11.8 Å². The lowest BCUT2D eigenvalue weighted by atomic mass is 9.87. The highest BCUT2D eigenvalue weighted by Crippen LogP contribution is 2.21. The van der Waals surface area contributed by atoms with Gasteiger partial charge in [-0.05, 0) is 25.9 Å². The quantitative estimate of drug-likeness (QED) is 0.701. The zero-order chi connectivity index (χ0) is 13.8. The first-order valence-electron chi connectivity index (χ1n) is 7.01. The number of hydrogen-bond acceptors (Lipinski definition) is 4. The highest BCUT2D eigenvalue weighted by molar-refractivity contribution is 5.88. The fourth-order valence-corrected chi connectivity index (χ4v) is 2.50. The predicted octanol–water partition coefficient (Wildman–Crippen LogP) is -0.795. The molecule has 6 nitrogen and oxygen atoms in total. The van der Waals surface area contributed by atoms with Gasteiger partial charge >= 0.3 is 0 Å². The molecule has 2 amide bonds. The summed E-state index contributed by atoms with van der Waals surface area (Å²) in [6.07, 6.45) is 0. The maximum Gasteiger partial charge on any atom is 0.245 e. The molecule has 2 N–H and O–H groups in total. The van der Waals surface area contributed by atoms with E-state index in [1.165, 1.54) is 0 Å². The van der Waals surface area contributed by atoms with E-state index in [4.69, 9.17) is 4.74 Å². The fraction of sp³-hybridized carbons (Fsp3) is 0.846. The summed E-state index contributed by atoms with van der Waals surface area (Å²) in [6, 6.07) is -0.475. The molecule has 0 radical (unpaired) electrons. The molecule has 0 aromatic rings. The normalized spacial score (nSPS) is 25.6. The van der Waals surface area contributed by atoms with Crippen molar-refractivity contribution in [3.63, 3.8) is 0 Å². The topological polar surface area (TPSA) is 70.7 Å². The summed E-state index contributed by atoms with van der Waals surface area (Å²) in [5, 5.41) is 5.95. The van der Waals surface area contributed by atoms with E-state index >= 15 is 0 Å². The lowest BCUT2D eigenvalue weighted by Crippen LogP contribution is -2.59. The van der Waals surface area contributed by atoms with E-state index in [1.807, 2.05) is 13.8 Å². The summed E-state index contributed by atoms with van der Waals surface area (Å²) in [5.74, 6) is 0.321. The maximum absolute atomic E-state index is 12.5. The van der Waals surface area contributed by atoms with Crippen molar-refractivity contribution in [3.05, 3.63) is 0 Å². The average molecular weight is 269 g/mol. The van der Waals surface area contributed by atoms with Crippen LogP contribution >= 0.6 is 0 Å². The van der Waals surface area contributed by atoms with E-state index in [0.717, 1.165) is 13.1 Å². The number of ether oxygens (including phenoxy) is 1. The third-order valence-corrected chi connectivity index (χ3v) is 3.97. The van der Waals surface area contributed by atoms with Crippen LogP contribution in [0.5, 0.6) is 0 Å². The molecule has 2 atom stereocenters. The molecule has 0 spiro atoms. The van der Waals surface area contributed by atoms with Crippen molar-refractivity contribution in [2.75, 3.05) is 39.4 Å². The van der Waals surface area contributed by atoms with Gasteiger partial charge in [-0.15, -0.1) is 0 Å². The molecule has 2 unspecified atom stereocenters. The number of nitrogens with zero attached hydrogens (tertiary/aromatic N) is 1. The molecule has 108 valence electrons. The Labute approximate surface area is 113 Å². The third-order valence-electron chi connectivity index (χ3n) is 3.97. The predicted molar refractivity (Wildman–Crippen MR) is 70.5 cm³/mol. The molecular formula is C13H23N3O3. The van der Waals surface area contributed by atoms with Crippen molar-refractivity contribution in [2.45, 2.75) is 19.9 Å². The Hall–Kier alpha value is -1.14. The third kappa shape index (κ3) is 3.06. The van der Waals surface area contributed by atoms with Crippen LogP contribution in [-0.4, -0.2) is 62.1 Å². The van der Waals surface area contributed by atoms with Gasteiger partial charge in [-0.25, -0.2) is 0 Å². The van der Waals surface area contributed by atoms with E-state index in [-0.39, 0.29) is 17.7 Å². The second-order valence-corrected chi connectivity index (χ2v) is 5.22. The van der Waals surface area contributed by atoms with Crippen LogP contribution in [0.25, 0.3) is 0 Å². The zero-order valence-electron chi connectivity index (χ0n) is 11.6. The Bertz CT molecular complexity index is 344. The number of carbonyl (C=O) groups excluding carboxylic acids is 2. The number of hydrogen-bond donors (Lipinski definition) is 2. The molecule has 2 saturated heterocycles. The molecule has 2 fully saturated rings. The fourth-order valence-electron chi connectivity index (χ4n) is 2.50. The molecule has 2 heterocycles. The van der Waals surface area contributed by atoms with Crippen molar-refractivity contribution in [1.82, 2.24) is 15.5 Å². The lowest BCUT2D eigenvalue weighted by Gasteiger charge is -2.39. The average Bonchev–Trinajstić information content (AvgIpc) is 2.36. The second kappa shape index (κ2) is 6.34. The Morgan fingerprint density at radius 1 is 1.47 bits per heavy atom. The molecule has 19 heavy (non-hydrogen) atoms. The van der Waals surface area contributed by atoms with Crippen LogP contribution in [0.1, 0.15) is 13.8 Å². The first-order valence-corrected chi connectivity index (χ1v) is 7.01. The molecule has 0 saturated carbocycles. The van der Waals surface area contributed by atoms with Gasteiger partial charge in [0.05, 0.1) is 13.2 Å². The van der Waals surface area contributed by atoms with Gasteiger partial charge < -0.3 is 20.3 Å². The highest BCUT2D eigenvalue weighted by Gasteiger charge is 2.38. The number of likely N-dealkylation sites (N-methyl/N-ethyl adjacent to an activating group) is 1. The number of morpholine rings is 1. The Balaban J connectivity index is 2.01. The summed E-state index contributed by atoms with van der Waals surface area (Å²) in [5.41, 5.74) is 0. The van der Waals surface area contributed by atoms with Gasteiger partial charge in [0.1, 0.15) is 6.04 Å². The summed E-state index contributed by atoms with van der Waals surface area (Å²) in [6.45, 7) is 7.50. The van der Waals surface area contributed by atoms with Crippen molar-refractivity contribution in [1.29, 1.82) is 0 Å². The van der Waals surface area contributed by atoms with Crippen LogP contribution in [-0.2, 0) is 14.3 Å². The first kappa shape index (κ1) is 14.3. The molecule has 0 aromatic heterocycles. The van der Waals surface area contributed by atoms with Gasteiger partial charge in [0.2, 0.25) is 11.8 Å². The van der Waals surface area contributed by atoms with Crippen LogP contribution in [0, 0.1) is 11.8 Å². The molecule has 0 aliphatic carbocycles. The van der Waals surface area contributed by atoms with Gasteiger partial charge in [-0.2, -0.15) is 0 Å². The van der Waals surface area contributed by atoms with Gasteiger partial charge in [0.25, 0.3) is 0 Å². The second-order valence-electron chi connectivity index (χ2n) is 5.22. The Kier molecular flexibility index (Phi) is 4.76. The highest BCUT2D eigenvalue weighted by atomic mass is 16.5. The summed E-state index contributed by atoms with van der Waals surface area (Å²) in [7, 11) is 0. The lowest BCUT2D eigenvalue weighted by molar-refractivity contribution is -0.152. The summed E-state index contributed by atoms with van der Waals surface area (Å²) in [4.78, 5) is 26.2. The minimum atomic E-state index is -0.475. The monoisotopic (exact) mass is 269 g/mol. The zero-order valence-corrected chi connectivity index (χ0v) is 11.6. The Morgan fingerprint density at radius 3 is 2.79 bits per heavy atom. The molecule has 0 aromatic carbocycles. The number of nitrogens with one attached hydrogen (secondary N) is 2. The van der Waals surface area contributed by atoms with Crippen LogP contribution in [0.4, 0.5) is 0 Å². The molecular weight excluding hydrogens is 246 g/mol. The number of rotatable bonds is 4. The van der Waals surface area contributed by atoms with E-state index in [1.54, 1.807) is 4.90 Å². The molecule has 6 heteroatoms. The van der Waals surface area contributed by atoms with Gasteiger partial charge in [0.15, 0.2) is 0 Å². The minimum Gasteiger partial charge on any atom is -0.377 e. The smallest absolute Gasteiger partial charge is 0.245 e. The number of amides is 2. The van der Waals surface area contributed by atoms with E-state index in [0.29, 0.717) is 32.2 Å². The largest absolute Gasteiger partial charge is 0.377 e. The Morgan fingerprint density at radius 2 is 2.21 bits per heavy atom. The summed E-state index contributed by atoms with van der Waals surface area (Å²) >= 11 is 0. The minimum absolute atomic E-state index is 0.0312. The van der Waals surface area contributed by atoms with Crippen molar-refractivity contribution < 1.29 is 14.3 Å². The first-order chi connectivity index (χ1) is 9.15. The van der Waals surface area contributed by atoms with Gasteiger partial charge in [0, 0.05) is 19.0 Å². The SMILES string of the molecule is CCNC(=O)C1COCCN1C(=O)C(C)C1CNC1.